The third kappa shape index (κ3) is 2.62. The van der Waals surface area contributed by atoms with E-state index in [1.165, 1.54) is 6.42 Å². The molecule has 1 aliphatic carbocycles. The number of aliphatic imine (C=N–C) groups is 2. The van der Waals surface area contributed by atoms with E-state index in [4.69, 9.17) is 16.5 Å². The Morgan fingerprint density at radius 2 is 1.57 bits per heavy atom. The molecule has 7 heteroatoms. The van der Waals surface area contributed by atoms with Crippen LogP contribution in [0.4, 0.5) is 5.69 Å². The van der Waals surface area contributed by atoms with Crippen molar-refractivity contribution in [1.29, 1.82) is 0 Å². The highest BCUT2D eigenvalue weighted by Gasteiger charge is 2.42. The Labute approximate surface area is 163 Å². The zero-order valence-corrected chi connectivity index (χ0v) is 15.6. The largest absolute Gasteiger partial charge is 0.369 e. The summed E-state index contributed by atoms with van der Waals surface area (Å²) in [6.45, 7) is 0. The molecule has 2 aliphatic rings. The third-order valence-corrected chi connectivity index (χ3v) is 5.69. The molecule has 7 nitrogen and oxygen atoms in total. The van der Waals surface area contributed by atoms with E-state index < -0.39 is 5.66 Å². The smallest absolute Gasteiger partial charge is 0.220 e. The van der Waals surface area contributed by atoms with Crippen molar-refractivity contribution in [2.24, 2.45) is 21.5 Å². The SMILES string of the molecule is NC1=NC2(CCCCC2)N(c2ccc(-n3cnc4ccccc43)cc2)C(N)=N1. The average Bonchev–Trinajstić information content (AvgIpc) is 3.13. The van der Waals surface area contributed by atoms with Gasteiger partial charge in [0.1, 0.15) is 12.0 Å². The molecule has 0 amide bonds. The first-order chi connectivity index (χ1) is 13.7. The summed E-state index contributed by atoms with van der Waals surface area (Å²) in [6, 6.07) is 16.4. The van der Waals surface area contributed by atoms with Crippen molar-refractivity contribution in [1.82, 2.24) is 9.55 Å². The number of nitrogens with two attached hydrogens (primary N) is 2. The van der Waals surface area contributed by atoms with Gasteiger partial charge < -0.3 is 11.5 Å². The van der Waals surface area contributed by atoms with Crippen molar-refractivity contribution in [3.63, 3.8) is 0 Å². The quantitative estimate of drug-likeness (QED) is 0.721. The van der Waals surface area contributed by atoms with Crippen molar-refractivity contribution < 1.29 is 0 Å². The van der Waals surface area contributed by atoms with Crippen LogP contribution < -0.4 is 16.4 Å². The summed E-state index contributed by atoms with van der Waals surface area (Å²) in [5, 5.41) is 0. The van der Waals surface area contributed by atoms with Gasteiger partial charge in [-0.2, -0.15) is 4.99 Å². The van der Waals surface area contributed by atoms with Crippen LogP contribution in [0.15, 0.2) is 64.8 Å². The zero-order valence-electron chi connectivity index (χ0n) is 15.6. The topological polar surface area (TPSA) is 97.8 Å². The van der Waals surface area contributed by atoms with Crippen molar-refractivity contribution in [3.8, 4) is 5.69 Å². The van der Waals surface area contributed by atoms with Crippen LogP contribution in [0.3, 0.4) is 0 Å². The number of fused-ring (bicyclic) bond motifs is 1. The number of hydrogen-bond donors (Lipinski definition) is 2. The highest BCUT2D eigenvalue weighted by atomic mass is 15.4. The summed E-state index contributed by atoms with van der Waals surface area (Å²) in [7, 11) is 0. The molecule has 0 unspecified atom stereocenters. The number of aromatic nitrogens is 2. The molecular formula is C21H23N7. The lowest BCUT2D eigenvalue weighted by Gasteiger charge is -2.45. The van der Waals surface area contributed by atoms with Crippen molar-refractivity contribution in [3.05, 3.63) is 54.9 Å². The van der Waals surface area contributed by atoms with Gasteiger partial charge in [0.25, 0.3) is 0 Å². The molecule has 2 heterocycles. The predicted molar refractivity (Wildman–Crippen MR) is 113 cm³/mol. The van der Waals surface area contributed by atoms with Gasteiger partial charge in [0.05, 0.1) is 11.0 Å². The minimum atomic E-state index is -0.419. The summed E-state index contributed by atoms with van der Waals surface area (Å²) in [6.07, 6.45) is 7.15. The van der Waals surface area contributed by atoms with E-state index in [9.17, 15) is 0 Å². The number of hydrogen-bond acceptors (Lipinski definition) is 6. The van der Waals surface area contributed by atoms with E-state index in [1.807, 2.05) is 24.5 Å². The maximum Gasteiger partial charge on any atom is 0.220 e. The van der Waals surface area contributed by atoms with Gasteiger partial charge in [-0.15, -0.1) is 0 Å². The summed E-state index contributed by atoms with van der Waals surface area (Å²) < 4.78 is 2.08. The van der Waals surface area contributed by atoms with Crippen LogP contribution in [-0.2, 0) is 0 Å². The molecule has 1 spiro atoms. The average molecular weight is 373 g/mol. The molecule has 1 fully saturated rings. The van der Waals surface area contributed by atoms with E-state index in [-0.39, 0.29) is 5.96 Å². The van der Waals surface area contributed by atoms with Gasteiger partial charge in [0, 0.05) is 11.4 Å². The molecule has 3 aromatic rings. The Morgan fingerprint density at radius 1 is 0.857 bits per heavy atom. The first-order valence-electron chi connectivity index (χ1n) is 9.69. The van der Waals surface area contributed by atoms with Gasteiger partial charge in [-0.05, 0) is 62.1 Å². The second-order valence-corrected chi connectivity index (χ2v) is 7.44. The first-order valence-corrected chi connectivity index (χ1v) is 9.69. The molecule has 4 N–H and O–H groups in total. The monoisotopic (exact) mass is 373 g/mol. The Kier molecular flexibility index (Phi) is 3.82. The Bertz CT molecular complexity index is 1070. The summed E-state index contributed by atoms with van der Waals surface area (Å²) in [5.41, 5.74) is 15.9. The van der Waals surface area contributed by atoms with E-state index in [2.05, 4.69) is 49.8 Å². The summed E-state index contributed by atoms with van der Waals surface area (Å²) in [4.78, 5) is 15.5. The van der Waals surface area contributed by atoms with Crippen LogP contribution in [0, 0.1) is 0 Å². The number of benzene rings is 2. The molecule has 142 valence electrons. The molecule has 0 saturated heterocycles. The van der Waals surface area contributed by atoms with Crippen LogP contribution in [-0.4, -0.2) is 27.1 Å². The van der Waals surface area contributed by atoms with Crippen LogP contribution in [0.25, 0.3) is 16.7 Å². The molecule has 1 aromatic heterocycles. The second kappa shape index (κ2) is 6.37. The zero-order chi connectivity index (χ0) is 19.1. The minimum Gasteiger partial charge on any atom is -0.369 e. The number of nitrogens with zero attached hydrogens (tertiary/aromatic N) is 5. The van der Waals surface area contributed by atoms with Crippen molar-refractivity contribution in [2.75, 3.05) is 4.90 Å². The lowest BCUT2D eigenvalue weighted by Crippen LogP contribution is -2.58. The van der Waals surface area contributed by atoms with Crippen LogP contribution in [0.1, 0.15) is 32.1 Å². The highest BCUT2D eigenvalue weighted by molar-refractivity contribution is 6.05. The van der Waals surface area contributed by atoms with Gasteiger partial charge in [0.2, 0.25) is 11.9 Å². The molecule has 0 bridgehead atoms. The fourth-order valence-corrected chi connectivity index (χ4v) is 4.42. The summed E-state index contributed by atoms with van der Waals surface area (Å²) >= 11 is 0. The van der Waals surface area contributed by atoms with Gasteiger partial charge in [0.15, 0.2) is 0 Å². The number of para-hydroxylation sites is 2. The maximum absolute atomic E-state index is 6.31. The van der Waals surface area contributed by atoms with E-state index in [0.717, 1.165) is 48.1 Å². The third-order valence-electron chi connectivity index (χ3n) is 5.69. The Balaban J connectivity index is 1.53. The molecule has 28 heavy (non-hydrogen) atoms. The number of guanidine groups is 2. The highest BCUT2D eigenvalue weighted by Crippen LogP contribution is 2.39. The van der Waals surface area contributed by atoms with E-state index >= 15 is 0 Å². The van der Waals surface area contributed by atoms with Gasteiger partial charge in [-0.25, -0.2) is 9.98 Å². The maximum atomic E-state index is 6.31. The lowest BCUT2D eigenvalue weighted by atomic mass is 9.87. The number of rotatable bonds is 2. The molecule has 1 saturated carbocycles. The molecule has 1 aliphatic heterocycles. The number of anilines is 1. The van der Waals surface area contributed by atoms with Gasteiger partial charge >= 0.3 is 0 Å². The number of imidazole rings is 1. The van der Waals surface area contributed by atoms with Crippen LogP contribution >= 0.6 is 0 Å². The van der Waals surface area contributed by atoms with Crippen molar-refractivity contribution >= 4 is 28.6 Å². The van der Waals surface area contributed by atoms with Gasteiger partial charge in [-0.1, -0.05) is 18.6 Å². The standard InChI is InChI=1S/C21H23N7/c22-19-25-20(23)28(21(26-19)12-4-1-5-13-21)16-10-8-15(9-11-16)27-14-24-17-6-2-3-7-18(17)27/h2-3,6-11,14H,1,4-5,12-13H2,(H4,22,23,25,26). The Hall–Kier alpha value is -3.35. The van der Waals surface area contributed by atoms with E-state index in [1.54, 1.807) is 0 Å². The molecular weight excluding hydrogens is 350 g/mol. The normalized spacial score (nSPS) is 18.9. The second-order valence-electron chi connectivity index (χ2n) is 7.44. The minimum absolute atomic E-state index is 0.275. The molecule has 5 rings (SSSR count). The van der Waals surface area contributed by atoms with Crippen molar-refractivity contribution in [2.45, 2.75) is 37.8 Å². The molecule has 2 aromatic carbocycles. The Morgan fingerprint density at radius 3 is 2.36 bits per heavy atom. The lowest BCUT2D eigenvalue weighted by molar-refractivity contribution is 0.305. The fourth-order valence-electron chi connectivity index (χ4n) is 4.42. The summed E-state index contributed by atoms with van der Waals surface area (Å²) in [5.74, 6) is 0.687. The fraction of sp³-hybridized carbons (Fsp3) is 0.286. The first kappa shape index (κ1) is 16.8. The van der Waals surface area contributed by atoms with Gasteiger partial charge in [-0.3, -0.25) is 9.47 Å². The van der Waals surface area contributed by atoms with E-state index in [0.29, 0.717) is 5.96 Å². The predicted octanol–water partition coefficient (Wildman–Crippen LogP) is 3.14. The van der Waals surface area contributed by atoms with Crippen LogP contribution in [0.2, 0.25) is 0 Å². The molecule has 0 radical (unpaired) electrons. The molecule has 0 atom stereocenters. The van der Waals surface area contributed by atoms with Crippen LogP contribution in [0.5, 0.6) is 0 Å².